The lowest BCUT2D eigenvalue weighted by molar-refractivity contribution is -0.121. The number of nitrogens with one attached hydrogen (secondary N) is 1. The highest BCUT2D eigenvalue weighted by Gasteiger charge is 2.38. The van der Waals surface area contributed by atoms with E-state index >= 15 is 0 Å². The predicted octanol–water partition coefficient (Wildman–Crippen LogP) is 2.44. The third-order valence-electron chi connectivity index (χ3n) is 3.90. The lowest BCUT2D eigenvalue weighted by atomic mass is 9.80. The van der Waals surface area contributed by atoms with Crippen molar-refractivity contribution in [1.82, 2.24) is 10.2 Å². The van der Waals surface area contributed by atoms with Gasteiger partial charge in [0.2, 0.25) is 5.91 Å². The summed E-state index contributed by atoms with van der Waals surface area (Å²) < 4.78 is 14.1. The molecule has 1 fully saturated rings. The lowest BCUT2D eigenvalue weighted by Crippen LogP contribution is -2.53. The Morgan fingerprint density at radius 1 is 1.45 bits per heavy atom. The van der Waals surface area contributed by atoms with Gasteiger partial charge in [-0.15, -0.1) is 6.58 Å². The Bertz CT molecular complexity index is 493. The molecular formula is C16H21FN2O. The molecule has 0 radical (unpaired) electrons. The predicted molar refractivity (Wildman–Crippen MR) is 77.8 cm³/mol. The van der Waals surface area contributed by atoms with Gasteiger partial charge >= 0.3 is 0 Å². The van der Waals surface area contributed by atoms with E-state index in [9.17, 15) is 9.18 Å². The summed E-state index contributed by atoms with van der Waals surface area (Å²) in [7, 11) is 0. The number of carbonyl (C=O) groups is 1. The SMILES string of the molecule is C=CCN1CCC(NC(C)=O)(c2ccccc2F)CC1. The van der Waals surface area contributed by atoms with Crippen LogP contribution in [0.3, 0.4) is 0 Å². The van der Waals surface area contributed by atoms with Gasteiger partial charge in [-0.2, -0.15) is 0 Å². The maximum absolute atomic E-state index is 14.1. The summed E-state index contributed by atoms with van der Waals surface area (Å²) in [6.07, 6.45) is 3.29. The number of likely N-dealkylation sites (tertiary alicyclic amines) is 1. The Morgan fingerprint density at radius 2 is 2.10 bits per heavy atom. The van der Waals surface area contributed by atoms with E-state index in [1.165, 1.54) is 13.0 Å². The molecule has 2 rings (SSSR count). The van der Waals surface area contributed by atoms with Crippen LogP contribution in [-0.4, -0.2) is 30.4 Å². The number of benzene rings is 1. The molecule has 4 heteroatoms. The second kappa shape index (κ2) is 6.18. The summed E-state index contributed by atoms with van der Waals surface area (Å²) in [6.45, 7) is 7.69. The summed E-state index contributed by atoms with van der Waals surface area (Å²) in [5, 5.41) is 2.98. The van der Waals surface area contributed by atoms with Crippen LogP contribution >= 0.6 is 0 Å². The number of hydrogen-bond donors (Lipinski definition) is 1. The fourth-order valence-corrected chi connectivity index (χ4v) is 2.95. The van der Waals surface area contributed by atoms with Crippen LogP contribution in [0.1, 0.15) is 25.3 Å². The molecule has 20 heavy (non-hydrogen) atoms. The molecule has 1 aliphatic heterocycles. The van der Waals surface area contributed by atoms with Crippen molar-refractivity contribution in [1.29, 1.82) is 0 Å². The molecule has 108 valence electrons. The minimum Gasteiger partial charge on any atom is -0.347 e. The topological polar surface area (TPSA) is 32.3 Å². The van der Waals surface area contributed by atoms with Crippen molar-refractivity contribution in [2.75, 3.05) is 19.6 Å². The van der Waals surface area contributed by atoms with Crippen molar-refractivity contribution < 1.29 is 9.18 Å². The van der Waals surface area contributed by atoms with Crippen molar-refractivity contribution in [2.45, 2.75) is 25.3 Å². The normalized spacial score (nSPS) is 18.5. The summed E-state index contributed by atoms with van der Waals surface area (Å²) in [5.74, 6) is -0.371. The largest absolute Gasteiger partial charge is 0.347 e. The summed E-state index contributed by atoms with van der Waals surface area (Å²) in [5.41, 5.74) is 0.00271. The average molecular weight is 276 g/mol. The van der Waals surface area contributed by atoms with Crippen molar-refractivity contribution in [2.24, 2.45) is 0 Å². The Hall–Kier alpha value is -1.68. The molecule has 0 aromatic heterocycles. The van der Waals surface area contributed by atoms with Gasteiger partial charge in [0.25, 0.3) is 0 Å². The molecular weight excluding hydrogens is 255 g/mol. The van der Waals surface area contributed by atoms with Crippen LogP contribution in [0.15, 0.2) is 36.9 Å². The number of nitrogens with zero attached hydrogens (tertiary/aromatic N) is 1. The Morgan fingerprint density at radius 3 is 2.65 bits per heavy atom. The molecule has 0 bridgehead atoms. The van der Waals surface area contributed by atoms with Gasteiger partial charge in [-0.3, -0.25) is 9.69 Å². The standard InChI is InChI=1S/C16H21FN2O/c1-3-10-19-11-8-16(9-12-19,18-13(2)20)14-6-4-5-7-15(14)17/h3-7H,1,8-12H2,2H3,(H,18,20). The summed E-state index contributed by atoms with van der Waals surface area (Å²) in [6, 6.07) is 6.72. The zero-order valence-corrected chi connectivity index (χ0v) is 11.9. The molecule has 1 aromatic carbocycles. The molecule has 0 unspecified atom stereocenters. The zero-order chi connectivity index (χ0) is 14.6. The molecule has 3 nitrogen and oxygen atoms in total. The highest BCUT2D eigenvalue weighted by atomic mass is 19.1. The highest BCUT2D eigenvalue weighted by molar-refractivity contribution is 5.74. The van der Waals surface area contributed by atoms with Crippen LogP contribution in [0.2, 0.25) is 0 Å². The van der Waals surface area contributed by atoms with Crippen molar-refractivity contribution >= 4 is 5.91 Å². The number of piperidine rings is 1. The second-order valence-electron chi connectivity index (χ2n) is 5.33. The number of halogens is 1. The van der Waals surface area contributed by atoms with Crippen LogP contribution < -0.4 is 5.32 Å². The van der Waals surface area contributed by atoms with E-state index in [1.807, 2.05) is 12.1 Å². The first-order chi connectivity index (χ1) is 9.57. The first-order valence-electron chi connectivity index (χ1n) is 6.94. The number of rotatable bonds is 4. The van der Waals surface area contributed by atoms with Crippen LogP contribution in [0, 0.1) is 5.82 Å². The van der Waals surface area contributed by atoms with E-state index in [0.717, 1.165) is 19.6 Å². The molecule has 1 aliphatic rings. The highest BCUT2D eigenvalue weighted by Crippen LogP contribution is 2.34. The lowest BCUT2D eigenvalue weighted by Gasteiger charge is -2.42. The first kappa shape index (κ1) is 14.7. The van der Waals surface area contributed by atoms with E-state index < -0.39 is 5.54 Å². The Kier molecular flexibility index (Phi) is 4.55. The van der Waals surface area contributed by atoms with Gasteiger partial charge in [0.05, 0.1) is 5.54 Å². The van der Waals surface area contributed by atoms with Crippen LogP contribution in [0.4, 0.5) is 4.39 Å². The fraction of sp³-hybridized carbons (Fsp3) is 0.438. The van der Waals surface area contributed by atoms with Gasteiger partial charge in [-0.25, -0.2) is 4.39 Å². The maximum Gasteiger partial charge on any atom is 0.217 e. The van der Waals surface area contributed by atoms with Crippen molar-refractivity contribution in [3.8, 4) is 0 Å². The number of amides is 1. The molecule has 0 atom stereocenters. The van der Waals surface area contributed by atoms with Crippen LogP contribution in [-0.2, 0) is 10.3 Å². The quantitative estimate of drug-likeness (QED) is 0.857. The molecule has 1 amide bonds. The van der Waals surface area contributed by atoms with Gasteiger partial charge in [-0.05, 0) is 18.9 Å². The van der Waals surface area contributed by atoms with Crippen LogP contribution in [0.5, 0.6) is 0 Å². The second-order valence-corrected chi connectivity index (χ2v) is 5.33. The van der Waals surface area contributed by atoms with Gasteiger partial charge in [0, 0.05) is 32.1 Å². The molecule has 0 spiro atoms. The maximum atomic E-state index is 14.1. The van der Waals surface area contributed by atoms with E-state index in [-0.39, 0.29) is 11.7 Å². The number of carbonyl (C=O) groups excluding carboxylic acids is 1. The van der Waals surface area contributed by atoms with E-state index in [4.69, 9.17) is 0 Å². The van der Waals surface area contributed by atoms with E-state index in [0.29, 0.717) is 18.4 Å². The first-order valence-corrected chi connectivity index (χ1v) is 6.94. The van der Waals surface area contributed by atoms with Gasteiger partial charge < -0.3 is 5.32 Å². The minimum absolute atomic E-state index is 0.120. The van der Waals surface area contributed by atoms with Gasteiger partial charge in [-0.1, -0.05) is 24.3 Å². The zero-order valence-electron chi connectivity index (χ0n) is 11.9. The Labute approximate surface area is 119 Å². The third kappa shape index (κ3) is 3.07. The smallest absolute Gasteiger partial charge is 0.217 e. The molecule has 1 heterocycles. The van der Waals surface area contributed by atoms with Crippen molar-refractivity contribution in [3.63, 3.8) is 0 Å². The van der Waals surface area contributed by atoms with E-state index in [1.54, 1.807) is 12.1 Å². The monoisotopic (exact) mass is 276 g/mol. The number of hydrogen-bond acceptors (Lipinski definition) is 2. The summed E-state index contributed by atoms with van der Waals surface area (Å²) >= 11 is 0. The molecule has 0 aliphatic carbocycles. The van der Waals surface area contributed by atoms with Crippen LogP contribution in [0.25, 0.3) is 0 Å². The summed E-state index contributed by atoms with van der Waals surface area (Å²) in [4.78, 5) is 13.8. The van der Waals surface area contributed by atoms with E-state index in [2.05, 4.69) is 16.8 Å². The Balaban J connectivity index is 2.27. The minimum atomic E-state index is -0.588. The van der Waals surface area contributed by atoms with Crippen molar-refractivity contribution in [3.05, 3.63) is 48.3 Å². The molecule has 1 aromatic rings. The van der Waals surface area contributed by atoms with Gasteiger partial charge in [0.15, 0.2) is 0 Å². The van der Waals surface area contributed by atoms with Gasteiger partial charge in [0.1, 0.15) is 5.82 Å². The average Bonchev–Trinajstić information content (AvgIpc) is 2.41. The molecule has 1 saturated heterocycles. The molecule has 1 N–H and O–H groups in total. The molecule has 0 saturated carbocycles. The fourth-order valence-electron chi connectivity index (χ4n) is 2.95. The third-order valence-corrected chi connectivity index (χ3v) is 3.90.